The van der Waals surface area contributed by atoms with Gasteiger partial charge in [-0.05, 0) is 54.6 Å². The number of halogens is 2. The molecule has 1 saturated heterocycles. The van der Waals surface area contributed by atoms with Crippen LogP contribution in [0.25, 0.3) is 0 Å². The minimum Gasteiger partial charge on any atom is -0.316 e. The van der Waals surface area contributed by atoms with E-state index in [1.807, 2.05) is 0 Å². The lowest BCUT2D eigenvalue weighted by molar-refractivity contribution is 0.621. The molecule has 0 amide bonds. The van der Waals surface area contributed by atoms with E-state index in [4.69, 9.17) is 11.6 Å². The van der Waals surface area contributed by atoms with Gasteiger partial charge in [-0.3, -0.25) is 0 Å². The van der Waals surface area contributed by atoms with Crippen LogP contribution in [0, 0.1) is 17.7 Å². The molecule has 2 unspecified atom stereocenters. The Morgan fingerprint density at radius 1 is 1.29 bits per heavy atom. The molecule has 0 radical (unpaired) electrons. The first-order valence-electron chi connectivity index (χ1n) is 4.93. The Morgan fingerprint density at radius 2 is 2.00 bits per heavy atom. The summed E-state index contributed by atoms with van der Waals surface area (Å²) in [5, 5.41) is 4.03. The summed E-state index contributed by atoms with van der Waals surface area (Å²) >= 11 is 6.06. The monoisotopic (exact) mass is 211 g/mol. The normalized spacial score (nSPS) is 34.3. The summed E-state index contributed by atoms with van der Waals surface area (Å²) in [7, 11) is 0. The Morgan fingerprint density at radius 3 is 2.71 bits per heavy atom. The maximum Gasteiger partial charge on any atom is 0.123 e. The summed E-state index contributed by atoms with van der Waals surface area (Å²) < 4.78 is 13.0. The fourth-order valence-electron chi connectivity index (χ4n) is 2.65. The van der Waals surface area contributed by atoms with E-state index in [9.17, 15) is 4.39 Å². The van der Waals surface area contributed by atoms with E-state index in [1.54, 1.807) is 12.1 Å². The average molecular weight is 212 g/mol. The van der Waals surface area contributed by atoms with Crippen LogP contribution in [0.3, 0.4) is 0 Å². The minimum absolute atomic E-state index is 0.178. The predicted molar refractivity (Wildman–Crippen MR) is 54.0 cm³/mol. The van der Waals surface area contributed by atoms with E-state index in [1.165, 1.54) is 6.07 Å². The number of fused-ring (bicyclic) bond motifs is 1. The summed E-state index contributed by atoms with van der Waals surface area (Å²) in [4.78, 5) is 0. The van der Waals surface area contributed by atoms with Crippen LogP contribution in [0.4, 0.5) is 4.39 Å². The van der Waals surface area contributed by atoms with Crippen LogP contribution in [0.1, 0.15) is 11.5 Å². The van der Waals surface area contributed by atoms with Gasteiger partial charge in [0.1, 0.15) is 5.82 Å². The molecule has 1 aliphatic heterocycles. The van der Waals surface area contributed by atoms with E-state index in [-0.39, 0.29) is 5.82 Å². The van der Waals surface area contributed by atoms with Gasteiger partial charge >= 0.3 is 0 Å². The van der Waals surface area contributed by atoms with E-state index >= 15 is 0 Å². The summed E-state index contributed by atoms with van der Waals surface area (Å²) in [6.45, 7) is 2.12. The first-order chi connectivity index (χ1) is 6.77. The Kier molecular flexibility index (Phi) is 1.83. The maximum atomic E-state index is 13.0. The van der Waals surface area contributed by atoms with Gasteiger partial charge in [-0.2, -0.15) is 0 Å². The summed E-state index contributed by atoms with van der Waals surface area (Å²) in [6, 6.07) is 4.67. The van der Waals surface area contributed by atoms with Gasteiger partial charge in [-0.25, -0.2) is 4.39 Å². The van der Waals surface area contributed by atoms with E-state index in [0.717, 1.165) is 18.7 Å². The van der Waals surface area contributed by atoms with Crippen molar-refractivity contribution in [3.05, 3.63) is 34.6 Å². The molecule has 2 aliphatic rings. The Labute approximate surface area is 87.3 Å². The highest BCUT2D eigenvalue weighted by atomic mass is 35.5. The van der Waals surface area contributed by atoms with Gasteiger partial charge in [0.25, 0.3) is 0 Å². The molecule has 1 aromatic rings. The summed E-state index contributed by atoms with van der Waals surface area (Å²) in [5.74, 6) is 1.70. The molecule has 2 fully saturated rings. The minimum atomic E-state index is -0.178. The third-order valence-electron chi connectivity index (χ3n) is 3.41. The third-order valence-corrected chi connectivity index (χ3v) is 3.75. The lowest BCUT2D eigenvalue weighted by Crippen LogP contribution is -2.14. The van der Waals surface area contributed by atoms with Crippen LogP contribution in [-0.4, -0.2) is 13.1 Å². The third kappa shape index (κ3) is 1.17. The van der Waals surface area contributed by atoms with Gasteiger partial charge in [0.2, 0.25) is 0 Å². The van der Waals surface area contributed by atoms with Gasteiger partial charge in [-0.1, -0.05) is 11.6 Å². The van der Waals surface area contributed by atoms with Gasteiger partial charge in [0, 0.05) is 5.02 Å². The molecule has 1 saturated carbocycles. The molecule has 1 aliphatic carbocycles. The van der Waals surface area contributed by atoms with Crippen molar-refractivity contribution in [3.8, 4) is 0 Å². The fourth-order valence-corrected chi connectivity index (χ4v) is 2.89. The van der Waals surface area contributed by atoms with Crippen LogP contribution >= 0.6 is 11.6 Å². The second-order valence-electron chi connectivity index (χ2n) is 4.18. The van der Waals surface area contributed by atoms with Crippen molar-refractivity contribution in [2.75, 3.05) is 13.1 Å². The molecule has 0 bridgehead atoms. The zero-order valence-electron chi connectivity index (χ0n) is 7.63. The van der Waals surface area contributed by atoms with E-state index < -0.39 is 0 Å². The molecule has 1 N–H and O–H groups in total. The molecular weight excluding hydrogens is 201 g/mol. The van der Waals surface area contributed by atoms with Crippen molar-refractivity contribution < 1.29 is 4.39 Å². The molecule has 0 spiro atoms. The SMILES string of the molecule is Fc1ccc(Cl)c(C2C3CNCC32)c1. The highest BCUT2D eigenvalue weighted by Gasteiger charge is 2.54. The second-order valence-corrected chi connectivity index (χ2v) is 4.58. The molecule has 1 heterocycles. The number of rotatable bonds is 1. The van der Waals surface area contributed by atoms with Crippen LogP contribution in [0.5, 0.6) is 0 Å². The predicted octanol–water partition coefficient (Wildman–Crippen LogP) is 2.41. The first-order valence-corrected chi connectivity index (χ1v) is 5.31. The largest absolute Gasteiger partial charge is 0.316 e. The number of hydrogen-bond acceptors (Lipinski definition) is 1. The van der Waals surface area contributed by atoms with Gasteiger partial charge in [0.15, 0.2) is 0 Å². The summed E-state index contributed by atoms with van der Waals surface area (Å²) in [5.41, 5.74) is 1.00. The zero-order valence-corrected chi connectivity index (χ0v) is 8.39. The number of benzene rings is 1. The van der Waals surface area contributed by atoms with Gasteiger partial charge in [0.05, 0.1) is 0 Å². The maximum absolute atomic E-state index is 13.0. The highest BCUT2D eigenvalue weighted by Crippen LogP contribution is 2.57. The van der Waals surface area contributed by atoms with Crippen LogP contribution < -0.4 is 5.32 Å². The molecule has 2 atom stereocenters. The van der Waals surface area contributed by atoms with Crippen LogP contribution in [0.15, 0.2) is 18.2 Å². The highest BCUT2D eigenvalue weighted by molar-refractivity contribution is 6.31. The molecular formula is C11H11ClFN. The van der Waals surface area contributed by atoms with Crippen molar-refractivity contribution in [2.45, 2.75) is 5.92 Å². The van der Waals surface area contributed by atoms with Gasteiger partial charge < -0.3 is 5.32 Å². The Bertz CT molecular complexity index is 370. The molecule has 14 heavy (non-hydrogen) atoms. The zero-order chi connectivity index (χ0) is 9.71. The fraction of sp³-hybridized carbons (Fsp3) is 0.455. The van der Waals surface area contributed by atoms with Crippen LogP contribution in [0.2, 0.25) is 5.02 Å². The molecule has 3 rings (SSSR count). The average Bonchev–Trinajstić information content (AvgIpc) is 2.64. The Balaban J connectivity index is 1.94. The molecule has 74 valence electrons. The second kappa shape index (κ2) is 2.94. The number of piperidine rings is 1. The number of nitrogens with one attached hydrogen (secondary N) is 1. The first kappa shape index (κ1) is 8.69. The van der Waals surface area contributed by atoms with Crippen molar-refractivity contribution in [1.29, 1.82) is 0 Å². The van der Waals surface area contributed by atoms with Crippen molar-refractivity contribution >= 4 is 11.6 Å². The van der Waals surface area contributed by atoms with Crippen LogP contribution in [-0.2, 0) is 0 Å². The topological polar surface area (TPSA) is 12.0 Å². The summed E-state index contributed by atoms with van der Waals surface area (Å²) in [6.07, 6.45) is 0. The molecule has 3 heteroatoms. The number of hydrogen-bond donors (Lipinski definition) is 1. The molecule has 1 nitrogen and oxygen atoms in total. The quantitative estimate of drug-likeness (QED) is 0.752. The molecule has 1 aromatic carbocycles. The molecule has 0 aromatic heterocycles. The smallest absolute Gasteiger partial charge is 0.123 e. The van der Waals surface area contributed by atoms with Crippen molar-refractivity contribution in [2.24, 2.45) is 11.8 Å². The van der Waals surface area contributed by atoms with E-state index in [2.05, 4.69) is 5.32 Å². The standard InChI is InChI=1S/C11H11ClFN/c12-10-2-1-6(13)3-7(10)11-8-4-14-5-9(8)11/h1-3,8-9,11,14H,4-5H2. The van der Waals surface area contributed by atoms with Crippen molar-refractivity contribution in [1.82, 2.24) is 5.32 Å². The van der Waals surface area contributed by atoms with Gasteiger partial charge in [-0.15, -0.1) is 0 Å². The Hall–Kier alpha value is -0.600. The van der Waals surface area contributed by atoms with Crippen molar-refractivity contribution in [3.63, 3.8) is 0 Å². The lowest BCUT2D eigenvalue weighted by Gasteiger charge is -2.06. The lowest BCUT2D eigenvalue weighted by atomic mass is 10.1. The van der Waals surface area contributed by atoms with E-state index in [0.29, 0.717) is 22.8 Å².